The van der Waals surface area contributed by atoms with Crippen molar-refractivity contribution >= 4 is 31.9 Å². The van der Waals surface area contributed by atoms with Crippen molar-refractivity contribution in [3.05, 3.63) is 58.1 Å². The number of esters is 1. The van der Waals surface area contributed by atoms with E-state index in [0.29, 0.717) is 10.2 Å². The van der Waals surface area contributed by atoms with Crippen LogP contribution in [-0.4, -0.2) is 43.4 Å². The van der Waals surface area contributed by atoms with Gasteiger partial charge in [0.05, 0.1) is 23.1 Å². The fourth-order valence-corrected chi connectivity index (χ4v) is 6.38. The van der Waals surface area contributed by atoms with Gasteiger partial charge in [-0.15, -0.1) is 0 Å². The van der Waals surface area contributed by atoms with Gasteiger partial charge in [-0.2, -0.15) is 4.31 Å². The summed E-state index contributed by atoms with van der Waals surface area (Å²) in [5, 5.41) is 0. The van der Waals surface area contributed by atoms with Crippen LogP contribution in [0.25, 0.3) is 0 Å². The molecule has 9 heteroatoms. The van der Waals surface area contributed by atoms with Gasteiger partial charge >= 0.3 is 5.97 Å². The third-order valence-corrected chi connectivity index (χ3v) is 8.29. The van der Waals surface area contributed by atoms with E-state index in [1.165, 1.54) is 23.5 Å². The van der Waals surface area contributed by atoms with Crippen LogP contribution in [0.4, 0.5) is 4.39 Å². The molecule has 3 rings (SSSR count). The minimum Gasteiger partial charge on any atom is -0.469 e. The van der Waals surface area contributed by atoms with Crippen LogP contribution < -0.4 is 0 Å². The van der Waals surface area contributed by atoms with Crippen LogP contribution >= 0.6 is 15.9 Å². The summed E-state index contributed by atoms with van der Waals surface area (Å²) < 4.78 is 47.8. The van der Waals surface area contributed by atoms with Crippen molar-refractivity contribution in [3.63, 3.8) is 0 Å². The third kappa shape index (κ3) is 4.29. The first-order valence-electron chi connectivity index (χ1n) is 9.57. The molecule has 2 atom stereocenters. The van der Waals surface area contributed by atoms with E-state index in [4.69, 9.17) is 4.74 Å². The van der Waals surface area contributed by atoms with Crippen molar-refractivity contribution < 1.29 is 22.3 Å². The molecule has 1 saturated heterocycles. The standard InChI is InChI=1S/C21H24BrFN2O4S/c1-14-6-4-5-7-18(14)30(27,28)25-11-10-21(12-15(25)2,20(26)29-3)13-17-16(23)8-9-19(22)24-17/h4-9,15H,10-13H2,1-3H3/t15-,21-/m1/s1. The Kier molecular flexibility index (Phi) is 6.64. The molecule has 0 amide bonds. The number of piperidine rings is 1. The SMILES string of the molecule is COC(=O)[C@]1(Cc2nc(Br)ccc2F)CCN(S(=O)(=O)c2ccccc2C)[C@H](C)C1. The van der Waals surface area contributed by atoms with Crippen molar-refractivity contribution in [1.82, 2.24) is 9.29 Å². The van der Waals surface area contributed by atoms with Crippen molar-refractivity contribution in [2.75, 3.05) is 13.7 Å². The first-order valence-corrected chi connectivity index (χ1v) is 11.8. The summed E-state index contributed by atoms with van der Waals surface area (Å²) in [6, 6.07) is 9.12. The molecule has 1 aromatic carbocycles. The second-order valence-corrected chi connectivity index (χ2v) is 10.4. The maximum atomic E-state index is 14.3. The fraction of sp³-hybridized carbons (Fsp3) is 0.429. The summed E-state index contributed by atoms with van der Waals surface area (Å²) in [5.41, 5.74) is -0.243. The smallest absolute Gasteiger partial charge is 0.312 e. The molecule has 0 saturated carbocycles. The molecule has 1 aliphatic rings. The van der Waals surface area contributed by atoms with Crippen LogP contribution in [0, 0.1) is 18.2 Å². The summed E-state index contributed by atoms with van der Waals surface area (Å²) in [5.74, 6) is -0.993. The molecular formula is C21H24BrFN2O4S. The summed E-state index contributed by atoms with van der Waals surface area (Å²) in [6.45, 7) is 3.64. The summed E-state index contributed by atoms with van der Waals surface area (Å²) >= 11 is 3.23. The predicted molar refractivity (Wildman–Crippen MR) is 114 cm³/mol. The average Bonchev–Trinajstić information content (AvgIpc) is 2.70. The lowest BCUT2D eigenvalue weighted by Gasteiger charge is -2.43. The lowest BCUT2D eigenvalue weighted by molar-refractivity contribution is -0.156. The van der Waals surface area contributed by atoms with Crippen LogP contribution in [-0.2, 0) is 26.0 Å². The predicted octanol–water partition coefficient (Wildman–Crippen LogP) is 3.87. The fourth-order valence-electron chi connectivity index (χ4n) is 4.18. The molecule has 30 heavy (non-hydrogen) atoms. The highest BCUT2D eigenvalue weighted by molar-refractivity contribution is 9.10. The number of aryl methyl sites for hydroxylation is 1. The number of carbonyl (C=O) groups is 1. The van der Waals surface area contributed by atoms with Gasteiger partial charge in [-0.1, -0.05) is 18.2 Å². The maximum Gasteiger partial charge on any atom is 0.312 e. The van der Waals surface area contributed by atoms with E-state index in [2.05, 4.69) is 20.9 Å². The van der Waals surface area contributed by atoms with Gasteiger partial charge in [0.15, 0.2) is 0 Å². The lowest BCUT2D eigenvalue weighted by Crippen LogP contribution is -2.52. The van der Waals surface area contributed by atoms with Gasteiger partial charge in [-0.3, -0.25) is 4.79 Å². The zero-order valence-corrected chi connectivity index (χ0v) is 19.5. The van der Waals surface area contributed by atoms with E-state index in [9.17, 15) is 17.6 Å². The normalized spacial score (nSPS) is 22.6. The number of ether oxygens (including phenoxy) is 1. The van der Waals surface area contributed by atoms with Gasteiger partial charge in [0.25, 0.3) is 0 Å². The molecule has 0 bridgehead atoms. The third-order valence-electron chi connectivity index (χ3n) is 5.68. The molecular weight excluding hydrogens is 475 g/mol. The molecule has 0 N–H and O–H groups in total. The Morgan fingerprint density at radius 2 is 2.03 bits per heavy atom. The van der Waals surface area contributed by atoms with Crippen molar-refractivity contribution in [2.45, 2.75) is 44.0 Å². The first-order chi connectivity index (χ1) is 14.1. The Morgan fingerprint density at radius 1 is 1.33 bits per heavy atom. The minimum atomic E-state index is -3.73. The Balaban J connectivity index is 1.93. The Bertz CT molecular complexity index is 1060. The highest BCUT2D eigenvalue weighted by Gasteiger charge is 2.48. The van der Waals surface area contributed by atoms with Crippen molar-refractivity contribution in [1.29, 1.82) is 0 Å². The molecule has 2 heterocycles. The molecule has 0 aliphatic carbocycles. The monoisotopic (exact) mass is 498 g/mol. The largest absolute Gasteiger partial charge is 0.469 e. The second kappa shape index (κ2) is 8.72. The molecule has 1 aliphatic heterocycles. The minimum absolute atomic E-state index is 0.0353. The number of benzene rings is 1. The number of nitrogens with zero attached hydrogens (tertiary/aromatic N) is 2. The Morgan fingerprint density at radius 3 is 2.67 bits per heavy atom. The van der Waals surface area contributed by atoms with Gasteiger partial charge in [0, 0.05) is 19.0 Å². The molecule has 162 valence electrons. The van der Waals surface area contributed by atoms with Crippen LogP contribution in [0.5, 0.6) is 0 Å². The van der Waals surface area contributed by atoms with Gasteiger partial charge in [-0.05, 0) is 66.4 Å². The molecule has 1 aromatic heterocycles. The quantitative estimate of drug-likeness (QED) is 0.461. The van der Waals surface area contributed by atoms with Gasteiger partial charge in [0.2, 0.25) is 10.0 Å². The zero-order chi connectivity index (χ0) is 22.1. The number of methoxy groups -OCH3 is 1. The summed E-state index contributed by atoms with van der Waals surface area (Å²) in [4.78, 5) is 17.2. The number of pyridine rings is 1. The van der Waals surface area contributed by atoms with Crippen LogP contribution in [0.3, 0.4) is 0 Å². The van der Waals surface area contributed by atoms with Gasteiger partial charge < -0.3 is 4.74 Å². The number of hydrogen-bond donors (Lipinski definition) is 0. The highest BCUT2D eigenvalue weighted by atomic mass is 79.9. The van der Waals surface area contributed by atoms with Crippen molar-refractivity contribution in [2.24, 2.45) is 5.41 Å². The zero-order valence-electron chi connectivity index (χ0n) is 17.1. The summed E-state index contributed by atoms with van der Waals surface area (Å²) in [6.07, 6.45) is 0.453. The maximum absolute atomic E-state index is 14.3. The van der Waals surface area contributed by atoms with Gasteiger partial charge in [0.1, 0.15) is 10.4 Å². The Labute approximate surface area is 184 Å². The topological polar surface area (TPSA) is 76.6 Å². The number of aromatic nitrogens is 1. The number of hydrogen-bond acceptors (Lipinski definition) is 5. The molecule has 0 spiro atoms. The Hall–Kier alpha value is -1.84. The number of halogens is 2. The van der Waals surface area contributed by atoms with E-state index in [1.807, 2.05) is 0 Å². The number of sulfonamides is 1. The average molecular weight is 499 g/mol. The molecule has 1 fully saturated rings. The number of rotatable bonds is 5. The van der Waals surface area contributed by atoms with Crippen LogP contribution in [0.1, 0.15) is 31.0 Å². The molecule has 0 radical (unpaired) electrons. The van der Waals surface area contributed by atoms with Gasteiger partial charge in [-0.25, -0.2) is 17.8 Å². The van der Waals surface area contributed by atoms with E-state index in [0.717, 1.165) is 0 Å². The lowest BCUT2D eigenvalue weighted by atomic mass is 9.73. The molecule has 2 aromatic rings. The number of carbonyl (C=O) groups excluding carboxylic acids is 1. The molecule has 6 nitrogen and oxygen atoms in total. The van der Waals surface area contributed by atoms with E-state index < -0.39 is 33.3 Å². The van der Waals surface area contributed by atoms with Crippen LogP contribution in [0.15, 0.2) is 45.9 Å². The van der Waals surface area contributed by atoms with E-state index in [-0.39, 0.29) is 36.4 Å². The summed E-state index contributed by atoms with van der Waals surface area (Å²) in [7, 11) is -2.44. The first kappa shape index (κ1) is 22.8. The van der Waals surface area contributed by atoms with E-state index in [1.54, 1.807) is 38.1 Å². The molecule has 0 unspecified atom stereocenters. The van der Waals surface area contributed by atoms with Crippen molar-refractivity contribution in [3.8, 4) is 0 Å². The highest BCUT2D eigenvalue weighted by Crippen LogP contribution is 2.41. The van der Waals surface area contributed by atoms with E-state index >= 15 is 0 Å². The second-order valence-electron chi connectivity index (χ2n) is 7.70. The van der Waals surface area contributed by atoms with Crippen LogP contribution in [0.2, 0.25) is 0 Å².